The molecule has 0 aliphatic heterocycles. The summed E-state index contributed by atoms with van der Waals surface area (Å²) >= 11 is 0. The third kappa shape index (κ3) is 2.36. The van der Waals surface area contributed by atoms with E-state index in [9.17, 15) is 18.4 Å². The summed E-state index contributed by atoms with van der Waals surface area (Å²) in [5.74, 6) is -2.71. The molecule has 4 rings (SSSR count). The normalized spacial score (nSPS) is 19.8. The highest BCUT2D eigenvalue weighted by Gasteiger charge is 2.40. The van der Waals surface area contributed by atoms with Gasteiger partial charge in [-0.05, 0) is 12.5 Å². The van der Waals surface area contributed by atoms with Crippen LogP contribution in [0.4, 0.5) is 25.8 Å². The monoisotopic (exact) mass is 331 g/mol. The lowest BCUT2D eigenvalue weighted by Gasteiger charge is -2.19. The molecule has 1 atom stereocenters. The van der Waals surface area contributed by atoms with Crippen molar-refractivity contribution in [3.8, 4) is 0 Å². The number of rotatable bonds is 4. The molecule has 0 radical (unpaired) electrons. The Bertz CT molecular complexity index is 985. The molecule has 7 heteroatoms. The van der Waals surface area contributed by atoms with Gasteiger partial charge in [0, 0.05) is 36.0 Å². The SMILES string of the molecule is O=c1c(Nc2c[nH]c3ccccc23)c(N[C@H]2CCC(F)(F)C2)c1=O. The van der Waals surface area contributed by atoms with Gasteiger partial charge in [0.2, 0.25) is 5.92 Å². The van der Waals surface area contributed by atoms with Crippen LogP contribution in [0, 0.1) is 0 Å². The molecule has 0 amide bonds. The molecule has 0 bridgehead atoms. The van der Waals surface area contributed by atoms with Crippen LogP contribution in [0.2, 0.25) is 0 Å². The maximum absolute atomic E-state index is 13.3. The van der Waals surface area contributed by atoms with Gasteiger partial charge in [0.25, 0.3) is 10.9 Å². The minimum atomic E-state index is -2.71. The zero-order chi connectivity index (χ0) is 16.9. The second-order valence-corrected chi connectivity index (χ2v) is 6.22. The maximum atomic E-state index is 13.3. The molecule has 1 heterocycles. The molecule has 0 unspecified atom stereocenters. The zero-order valence-corrected chi connectivity index (χ0v) is 12.7. The van der Waals surface area contributed by atoms with Crippen molar-refractivity contribution >= 4 is 28.0 Å². The highest BCUT2D eigenvalue weighted by atomic mass is 19.3. The third-order valence-corrected chi connectivity index (χ3v) is 4.51. The van der Waals surface area contributed by atoms with Crippen LogP contribution in [0.15, 0.2) is 40.1 Å². The fourth-order valence-electron chi connectivity index (χ4n) is 3.24. The fraction of sp³-hybridized carbons (Fsp3) is 0.294. The molecule has 0 saturated heterocycles. The summed E-state index contributed by atoms with van der Waals surface area (Å²) in [4.78, 5) is 26.7. The van der Waals surface area contributed by atoms with E-state index in [1.807, 2.05) is 24.3 Å². The Morgan fingerprint density at radius 3 is 2.62 bits per heavy atom. The number of halogens is 2. The van der Waals surface area contributed by atoms with Crippen LogP contribution in [0.1, 0.15) is 19.3 Å². The zero-order valence-electron chi connectivity index (χ0n) is 12.7. The molecule has 5 nitrogen and oxygen atoms in total. The molecular weight excluding hydrogens is 316 g/mol. The van der Waals surface area contributed by atoms with Gasteiger partial charge in [0.15, 0.2) is 0 Å². The van der Waals surface area contributed by atoms with E-state index in [0.717, 1.165) is 10.9 Å². The fourth-order valence-corrected chi connectivity index (χ4v) is 3.24. The molecule has 1 aromatic heterocycles. The highest BCUT2D eigenvalue weighted by Crippen LogP contribution is 2.37. The summed E-state index contributed by atoms with van der Waals surface area (Å²) in [6, 6.07) is 7.02. The first-order chi connectivity index (χ1) is 11.4. The predicted octanol–water partition coefficient (Wildman–Crippen LogP) is 3.11. The van der Waals surface area contributed by atoms with Gasteiger partial charge in [0.05, 0.1) is 5.69 Å². The lowest BCUT2D eigenvalue weighted by molar-refractivity contribution is 0.00852. The van der Waals surface area contributed by atoms with Crippen LogP contribution in [-0.2, 0) is 0 Å². The summed E-state index contributed by atoms with van der Waals surface area (Å²) in [7, 11) is 0. The summed E-state index contributed by atoms with van der Waals surface area (Å²) in [5, 5.41) is 6.65. The number of H-pyrrole nitrogens is 1. The Kier molecular flexibility index (Phi) is 3.19. The standard InChI is InChI=1S/C17H15F2N3O2/c18-17(19)6-5-9(7-17)21-13-14(16(24)15(13)23)22-12-8-20-11-4-2-1-3-10(11)12/h1-4,8-9,20-22H,5-7H2/t9-/m0/s1. The molecule has 1 aliphatic rings. The van der Waals surface area contributed by atoms with Crippen molar-refractivity contribution in [1.29, 1.82) is 0 Å². The van der Waals surface area contributed by atoms with E-state index in [-0.39, 0.29) is 30.6 Å². The molecule has 124 valence electrons. The van der Waals surface area contributed by atoms with Crippen LogP contribution in [0.3, 0.4) is 0 Å². The van der Waals surface area contributed by atoms with E-state index >= 15 is 0 Å². The van der Waals surface area contributed by atoms with Gasteiger partial charge in [-0.1, -0.05) is 18.2 Å². The van der Waals surface area contributed by atoms with Gasteiger partial charge in [-0.15, -0.1) is 0 Å². The first-order valence-electron chi connectivity index (χ1n) is 7.75. The van der Waals surface area contributed by atoms with Crippen LogP contribution in [-0.4, -0.2) is 16.9 Å². The second kappa shape index (κ2) is 5.15. The lowest BCUT2D eigenvalue weighted by Crippen LogP contribution is -2.38. The average molecular weight is 331 g/mol. The number of para-hydroxylation sites is 1. The van der Waals surface area contributed by atoms with Crippen molar-refractivity contribution < 1.29 is 8.78 Å². The van der Waals surface area contributed by atoms with E-state index in [1.165, 1.54) is 0 Å². The van der Waals surface area contributed by atoms with Crippen LogP contribution in [0.25, 0.3) is 10.9 Å². The van der Waals surface area contributed by atoms with Gasteiger partial charge in [-0.2, -0.15) is 0 Å². The van der Waals surface area contributed by atoms with E-state index < -0.39 is 22.8 Å². The number of hydrogen-bond donors (Lipinski definition) is 3. The number of benzene rings is 1. The van der Waals surface area contributed by atoms with Gasteiger partial charge in [0.1, 0.15) is 11.4 Å². The molecule has 2 aromatic carbocycles. The molecule has 3 N–H and O–H groups in total. The third-order valence-electron chi connectivity index (χ3n) is 4.51. The molecular formula is C17H15F2N3O2. The number of anilines is 3. The Balaban J connectivity index is 1.60. The first-order valence-corrected chi connectivity index (χ1v) is 7.75. The lowest BCUT2D eigenvalue weighted by atomic mass is 10.1. The number of fused-ring (bicyclic) bond motifs is 1. The van der Waals surface area contributed by atoms with Gasteiger partial charge in [-0.25, -0.2) is 8.78 Å². The molecule has 1 saturated carbocycles. The Labute approximate surface area is 135 Å². The number of alkyl halides is 2. The summed E-state index contributed by atoms with van der Waals surface area (Å²) < 4.78 is 26.6. The van der Waals surface area contributed by atoms with E-state index in [1.54, 1.807) is 6.20 Å². The summed E-state index contributed by atoms with van der Waals surface area (Å²) in [6.07, 6.45) is 1.46. The van der Waals surface area contributed by atoms with Crippen molar-refractivity contribution in [1.82, 2.24) is 4.98 Å². The minimum absolute atomic E-state index is 0.105. The van der Waals surface area contributed by atoms with Gasteiger partial charge in [-0.3, -0.25) is 9.59 Å². The molecule has 24 heavy (non-hydrogen) atoms. The highest BCUT2D eigenvalue weighted by molar-refractivity contribution is 5.95. The molecule has 1 aliphatic carbocycles. The van der Waals surface area contributed by atoms with Crippen molar-refractivity contribution in [2.75, 3.05) is 10.6 Å². The Morgan fingerprint density at radius 2 is 1.88 bits per heavy atom. The van der Waals surface area contributed by atoms with Crippen molar-refractivity contribution in [2.24, 2.45) is 0 Å². The van der Waals surface area contributed by atoms with E-state index in [4.69, 9.17) is 0 Å². The second-order valence-electron chi connectivity index (χ2n) is 6.22. The largest absolute Gasteiger partial charge is 0.377 e. The van der Waals surface area contributed by atoms with E-state index in [2.05, 4.69) is 15.6 Å². The maximum Gasteiger partial charge on any atom is 0.253 e. The Hall–Kier alpha value is -2.70. The summed E-state index contributed by atoms with van der Waals surface area (Å²) in [5.41, 5.74) is 0.509. The van der Waals surface area contributed by atoms with Crippen LogP contribution >= 0.6 is 0 Å². The number of aromatic amines is 1. The van der Waals surface area contributed by atoms with Crippen LogP contribution in [0.5, 0.6) is 0 Å². The van der Waals surface area contributed by atoms with Gasteiger partial charge >= 0.3 is 0 Å². The molecule has 0 spiro atoms. The predicted molar refractivity (Wildman–Crippen MR) is 89.1 cm³/mol. The smallest absolute Gasteiger partial charge is 0.253 e. The van der Waals surface area contributed by atoms with Crippen molar-refractivity contribution in [3.05, 3.63) is 50.9 Å². The summed E-state index contributed by atoms with van der Waals surface area (Å²) in [6.45, 7) is 0. The molecule has 3 aromatic rings. The van der Waals surface area contributed by atoms with E-state index in [0.29, 0.717) is 5.69 Å². The minimum Gasteiger partial charge on any atom is -0.377 e. The first kappa shape index (κ1) is 14.9. The average Bonchev–Trinajstić information content (AvgIpc) is 3.13. The molecule has 1 fully saturated rings. The van der Waals surface area contributed by atoms with Crippen molar-refractivity contribution in [2.45, 2.75) is 31.2 Å². The number of aromatic nitrogens is 1. The number of hydrogen-bond acceptors (Lipinski definition) is 4. The van der Waals surface area contributed by atoms with Crippen molar-refractivity contribution in [3.63, 3.8) is 0 Å². The van der Waals surface area contributed by atoms with Gasteiger partial charge < -0.3 is 15.6 Å². The number of nitrogens with one attached hydrogen (secondary N) is 3. The topological polar surface area (TPSA) is 74.0 Å². The Morgan fingerprint density at radius 1 is 1.12 bits per heavy atom. The quantitative estimate of drug-likeness (QED) is 0.642. The van der Waals surface area contributed by atoms with Crippen LogP contribution < -0.4 is 21.5 Å².